The minimum absolute atomic E-state index is 0.123. The highest BCUT2D eigenvalue weighted by Crippen LogP contribution is 2.27. The number of amides is 1. The number of aryl methyl sites for hydroxylation is 1. The molecule has 0 aliphatic rings. The van der Waals surface area contributed by atoms with Crippen molar-refractivity contribution in [3.05, 3.63) is 76.0 Å². The molecule has 0 fully saturated rings. The van der Waals surface area contributed by atoms with Crippen molar-refractivity contribution in [1.82, 2.24) is 24.6 Å². The first kappa shape index (κ1) is 23.0. The van der Waals surface area contributed by atoms with Gasteiger partial charge in [0.1, 0.15) is 18.3 Å². The zero-order chi connectivity index (χ0) is 24.2. The Hall–Kier alpha value is -4.14. The minimum atomic E-state index is -0.309. The van der Waals surface area contributed by atoms with Crippen LogP contribution in [0.4, 0.5) is 0 Å². The largest absolute Gasteiger partial charge is 0.493 e. The third-order valence-corrected chi connectivity index (χ3v) is 5.86. The van der Waals surface area contributed by atoms with Crippen LogP contribution in [0.1, 0.15) is 16.7 Å². The van der Waals surface area contributed by atoms with Crippen LogP contribution >= 0.6 is 0 Å². The number of hydrogen-bond acceptors (Lipinski definition) is 6. The number of carbonyl (C=O) groups is 1. The molecule has 0 aliphatic heterocycles. The lowest BCUT2D eigenvalue weighted by Crippen LogP contribution is -2.33. The van der Waals surface area contributed by atoms with Crippen LogP contribution in [-0.2, 0) is 17.8 Å². The number of nitrogens with one attached hydrogen (secondary N) is 1. The third kappa shape index (κ3) is 4.50. The van der Waals surface area contributed by atoms with Crippen LogP contribution in [0.5, 0.6) is 11.5 Å². The Kier molecular flexibility index (Phi) is 6.62. The van der Waals surface area contributed by atoms with E-state index in [4.69, 9.17) is 9.47 Å². The second kappa shape index (κ2) is 9.78. The van der Waals surface area contributed by atoms with Crippen molar-refractivity contribution in [3.8, 4) is 17.2 Å². The molecule has 0 atom stereocenters. The van der Waals surface area contributed by atoms with Crippen LogP contribution in [-0.4, -0.2) is 46.0 Å². The van der Waals surface area contributed by atoms with Crippen LogP contribution < -0.4 is 20.3 Å². The van der Waals surface area contributed by atoms with Gasteiger partial charge in [-0.05, 0) is 55.2 Å². The van der Waals surface area contributed by atoms with Gasteiger partial charge < -0.3 is 14.8 Å². The maximum Gasteiger partial charge on any atom is 0.264 e. The monoisotopic (exact) mass is 461 g/mol. The molecule has 4 rings (SSSR count). The maximum absolute atomic E-state index is 13.0. The SMILES string of the molecule is COc1ccc(CCNC(=O)Cn2cnc3c(cnn3-c3cccc(C)c3C)c2=O)cc1OC. The topological polar surface area (TPSA) is 100 Å². The van der Waals surface area contributed by atoms with E-state index in [1.54, 1.807) is 18.9 Å². The molecule has 2 aromatic heterocycles. The highest BCUT2D eigenvalue weighted by atomic mass is 16.5. The van der Waals surface area contributed by atoms with Gasteiger partial charge in [0.25, 0.3) is 5.56 Å². The van der Waals surface area contributed by atoms with Crippen molar-refractivity contribution in [3.63, 3.8) is 0 Å². The molecule has 2 heterocycles. The second-order valence-corrected chi connectivity index (χ2v) is 7.98. The lowest BCUT2D eigenvalue weighted by molar-refractivity contribution is -0.121. The van der Waals surface area contributed by atoms with Crippen LogP contribution in [0.25, 0.3) is 16.7 Å². The summed E-state index contributed by atoms with van der Waals surface area (Å²) in [7, 11) is 3.16. The standard InChI is InChI=1S/C25H27N5O4/c1-16-6-5-7-20(17(16)2)30-24-19(13-28-30)25(32)29(15-27-24)14-23(31)26-11-10-18-8-9-21(33-3)22(12-18)34-4/h5-9,12-13,15H,10-11,14H2,1-4H3,(H,26,31). The number of fused-ring (bicyclic) bond motifs is 1. The number of carbonyl (C=O) groups excluding carboxylic acids is 1. The number of rotatable bonds is 8. The number of nitrogens with zero attached hydrogens (tertiary/aromatic N) is 4. The highest BCUT2D eigenvalue weighted by molar-refractivity contribution is 5.78. The van der Waals surface area contributed by atoms with Crippen molar-refractivity contribution in [2.75, 3.05) is 20.8 Å². The molecule has 0 radical (unpaired) electrons. The van der Waals surface area contributed by atoms with Gasteiger partial charge >= 0.3 is 0 Å². The van der Waals surface area contributed by atoms with Crippen molar-refractivity contribution in [2.45, 2.75) is 26.8 Å². The van der Waals surface area contributed by atoms with Gasteiger partial charge in [0, 0.05) is 6.54 Å². The molecule has 1 N–H and O–H groups in total. The van der Waals surface area contributed by atoms with Crippen molar-refractivity contribution in [1.29, 1.82) is 0 Å². The molecule has 0 saturated heterocycles. The molecule has 176 valence electrons. The van der Waals surface area contributed by atoms with Gasteiger partial charge in [-0.1, -0.05) is 18.2 Å². The number of ether oxygens (including phenoxy) is 2. The maximum atomic E-state index is 13.0. The zero-order valence-electron chi connectivity index (χ0n) is 19.7. The van der Waals surface area contributed by atoms with Gasteiger partial charge in [-0.3, -0.25) is 14.2 Å². The molecule has 9 nitrogen and oxygen atoms in total. The fraction of sp³-hybridized carbons (Fsp3) is 0.280. The number of hydrogen-bond donors (Lipinski definition) is 1. The van der Waals surface area contributed by atoms with E-state index in [9.17, 15) is 9.59 Å². The second-order valence-electron chi connectivity index (χ2n) is 7.98. The fourth-order valence-corrected chi connectivity index (χ4v) is 3.80. The summed E-state index contributed by atoms with van der Waals surface area (Å²) < 4.78 is 13.5. The Morgan fingerprint density at radius 2 is 1.88 bits per heavy atom. The molecular weight excluding hydrogens is 434 g/mol. The average molecular weight is 462 g/mol. The predicted octanol–water partition coefficient (Wildman–Crippen LogP) is 2.58. The van der Waals surface area contributed by atoms with Crippen molar-refractivity contribution in [2.24, 2.45) is 0 Å². The molecule has 34 heavy (non-hydrogen) atoms. The van der Waals surface area contributed by atoms with E-state index in [0.717, 1.165) is 22.4 Å². The average Bonchev–Trinajstić information content (AvgIpc) is 3.27. The van der Waals surface area contributed by atoms with Gasteiger partial charge in [0.15, 0.2) is 17.1 Å². The zero-order valence-corrected chi connectivity index (χ0v) is 19.7. The Labute approximate surface area is 197 Å². The summed E-state index contributed by atoms with van der Waals surface area (Å²) in [6.45, 7) is 4.33. The van der Waals surface area contributed by atoms with Gasteiger partial charge in [0.05, 0.1) is 26.1 Å². The summed E-state index contributed by atoms with van der Waals surface area (Å²) in [6.07, 6.45) is 3.50. The van der Waals surface area contributed by atoms with E-state index in [0.29, 0.717) is 35.5 Å². The van der Waals surface area contributed by atoms with E-state index in [1.807, 2.05) is 50.2 Å². The summed E-state index contributed by atoms with van der Waals surface area (Å²) in [4.78, 5) is 29.8. The first-order valence-corrected chi connectivity index (χ1v) is 10.9. The van der Waals surface area contributed by atoms with E-state index in [2.05, 4.69) is 15.4 Å². The van der Waals surface area contributed by atoms with Crippen LogP contribution in [0, 0.1) is 13.8 Å². The molecular formula is C25H27N5O4. The number of aromatic nitrogens is 4. The molecule has 0 bridgehead atoms. The van der Waals surface area contributed by atoms with Gasteiger partial charge in [-0.25, -0.2) is 9.67 Å². The lowest BCUT2D eigenvalue weighted by atomic mass is 10.1. The number of benzene rings is 2. The van der Waals surface area contributed by atoms with E-state index in [-0.39, 0.29) is 18.0 Å². The normalized spacial score (nSPS) is 10.9. The third-order valence-electron chi connectivity index (χ3n) is 5.86. The molecule has 4 aromatic rings. The molecule has 0 spiro atoms. The fourth-order valence-electron chi connectivity index (χ4n) is 3.80. The van der Waals surface area contributed by atoms with Crippen LogP contribution in [0.2, 0.25) is 0 Å². The Morgan fingerprint density at radius 3 is 2.65 bits per heavy atom. The Bertz CT molecular complexity index is 1410. The quantitative estimate of drug-likeness (QED) is 0.433. The molecule has 0 saturated carbocycles. The highest BCUT2D eigenvalue weighted by Gasteiger charge is 2.15. The van der Waals surface area contributed by atoms with Crippen molar-refractivity contribution < 1.29 is 14.3 Å². The Morgan fingerprint density at radius 1 is 1.09 bits per heavy atom. The van der Waals surface area contributed by atoms with Gasteiger partial charge in [-0.2, -0.15) is 5.10 Å². The molecule has 0 unspecified atom stereocenters. The van der Waals surface area contributed by atoms with E-state index in [1.165, 1.54) is 17.1 Å². The Balaban J connectivity index is 1.44. The molecule has 0 aliphatic carbocycles. The summed E-state index contributed by atoms with van der Waals surface area (Å²) in [5, 5.41) is 7.59. The number of methoxy groups -OCH3 is 2. The predicted molar refractivity (Wildman–Crippen MR) is 129 cm³/mol. The van der Waals surface area contributed by atoms with E-state index >= 15 is 0 Å². The summed E-state index contributed by atoms with van der Waals surface area (Å²) in [5.41, 5.74) is 4.21. The van der Waals surface area contributed by atoms with Crippen LogP contribution in [0.3, 0.4) is 0 Å². The summed E-state index contributed by atoms with van der Waals surface area (Å²) >= 11 is 0. The summed E-state index contributed by atoms with van der Waals surface area (Å²) in [5.74, 6) is 1.02. The summed E-state index contributed by atoms with van der Waals surface area (Å²) in [6, 6.07) is 11.5. The smallest absolute Gasteiger partial charge is 0.264 e. The first-order chi connectivity index (χ1) is 16.4. The van der Waals surface area contributed by atoms with Crippen molar-refractivity contribution >= 4 is 16.9 Å². The van der Waals surface area contributed by atoms with Gasteiger partial charge in [0.2, 0.25) is 5.91 Å². The molecule has 1 amide bonds. The molecule has 2 aromatic carbocycles. The minimum Gasteiger partial charge on any atom is -0.493 e. The van der Waals surface area contributed by atoms with Gasteiger partial charge in [-0.15, -0.1) is 0 Å². The first-order valence-electron chi connectivity index (χ1n) is 10.9. The molecule has 9 heteroatoms. The van der Waals surface area contributed by atoms with E-state index < -0.39 is 0 Å². The lowest BCUT2D eigenvalue weighted by Gasteiger charge is -2.11. The van der Waals surface area contributed by atoms with Crippen LogP contribution in [0.15, 0.2) is 53.7 Å².